The minimum atomic E-state index is -0.344. The molecule has 6 nitrogen and oxygen atoms in total. The first-order valence-corrected chi connectivity index (χ1v) is 10.1. The van der Waals surface area contributed by atoms with Crippen molar-refractivity contribution in [1.29, 1.82) is 0 Å². The van der Waals surface area contributed by atoms with Crippen molar-refractivity contribution in [3.63, 3.8) is 0 Å². The minimum absolute atomic E-state index is 0.164. The van der Waals surface area contributed by atoms with Crippen LogP contribution in [0.5, 0.6) is 5.88 Å². The van der Waals surface area contributed by atoms with Gasteiger partial charge in [0.2, 0.25) is 11.8 Å². The maximum absolute atomic E-state index is 11.5. The number of benzene rings is 1. The Kier molecular flexibility index (Phi) is 4.97. The largest absolute Gasteiger partial charge is 0.474 e. The summed E-state index contributed by atoms with van der Waals surface area (Å²) in [6.45, 7) is 0. The molecule has 1 saturated carbocycles. The third-order valence-corrected chi connectivity index (χ3v) is 6.43. The Labute approximate surface area is 162 Å². The Hall–Kier alpha value is -2.25. The maximum Gasteiger partial charge on any atom is 0.226 e. The first-order chi connectivity index (χ1) is 13.0. The molecule has 0 radical (unpaired) electrons. The number of rotatable bonds is 5. The van der Waals surface area contributed by atoms with Gasteiger partial charge in [-0.3, -0.25) is 4.79 Å². The summed E-state index contributed by atoms with van der Waals surface area (Å²) in [6.07, 6.45) is 6.22. The highest BCUT2D eigenvalue weighted by Gasteiger charge is 2.25. The molecule has 27 heavy (non-hydrogen) atoms. The van der Waals surface area contributed by atoms with E-state index in [0.29, 0.717) is 11.9 Å². The molecule has 0 aliphatic heterocycles. The van der Waals surface area contributed by atoms with Crippen molar-refractivity contribution in [2.75, 3.05) is 14.1 Å². The van der Waals surface area contributed by atoms with Gasteiger partial charge in [-0.15, -0.1) is 11.3 Å². The van der Waals surface area contributed by atoms with E-state index < -0.39 is 0 Å². The molecule has 0 unspecified atom stereocenters. The number of nitrogens with zero attached hydrogens (tertiary/aromatic N) is 3. The number of fused-ring (bicyclic) bond motifs is 3. The molecular formula is C20H24N4O2S. The van der Waals surface area contributed by atoms with Gasteiger partial charge in [0.1, 0.15) is 17.3 Å². The molecule has 0 saturated heterocycles. The van der Waals surface area contributed by atoms with Crippen LogP contribution >= 0.6 is 11.3 Å². The molecule has 3 aromatic rings. The van der Waals surface area contributed by atoms with Gasteiger partial charge in [-0.2, -0.15) is 0 Å². The van der Waals surface area contributed by atoms with Crippen LogP contribution in [-0.4, -0.2) is 47.0 Å². The first-order valence-electron chi connectivity index (χ1n) is 9.29. The van der Waals surface area contributed by atoms with Crippen LogP contribution in [0.2, 0.25) is 0 Å². The summed E-state index contributed by atoms with van der Waals surface area (Å²) >= 11 is 1.59. The number of carbonyl (C=O) groups is 1. The van der Waals surface area contributed by atoms with Gasteiger partial charge in [-0.25, -0.2) is 9.97 Å². The maximum atomic E-state index is 11.5. The van der Waals surface area contributed by atoms with Crippen LogP contribution in [0.15, 0.2) is 24.5 Å². The predicted octanol–water partition coefficient (Wildman–Crippen LogP) is 3.12. The van der Waals surface area contributed by atoms with Gasteiger partial charge in [0.15, 0.2) is 0 Å². The Balaban J connectivity index is 1.70. The molecule has 0 spiro atoms. The van der Waals surface area contributed by atoms with Crippen molar-refractivity contribution in [1.82, 2.24) is 14.9 Å². The third-order valence-electron chi connectivity index (χ3n) is 5.36. The van der Waals surface area contributed by atoms with E-state index in [9.17, 15) is 4.79 Å². The van der Waals surface area contributed by atoms with Gasteiger partial charge >= 0.3 is 0 Å². The van der Waals surface area contributed by atoms with Gasteiger partial charge in [-0.1, -0.05) is 12.1 Å². The lowest BCUT2D eigenvalue weighted by Gasteiger charge is -2.32. The summed E-state index contributed by atoms with van der Waals surface area (Å²) in [6, 6.07) is 6.56. The number of hydrogen-bond acceptors (Lipinski definition) is 6. The third kappa shape index (κ3) is 3.61. The van der Waals surface area contributed by atoms with Gasteiger partial charge < -0.3 is 15.4 Å². The number of hydrogen-bond donors (Lipinski definition) is 1. The summed E-state index contributed by atoms with van der Waals surface area (Å²) in [5.74, 6) is 0.277. The second-order valence-electron chi connectivity index (χ2n) is 7.41. The van der Waals surface area contributed by atoms with E-state index in [-0.39, 0.29) is 18.4 Å². The molecule has 0 atom stereocenters. The summed E-state index contributed by atoms with van der Waals surface area (Å²) in [4.78, 5) is 23.6. The van der Waals surface area contributed by atoms with Crippen LogP contribution in [0.4, 0.5) is 0 Å². The van der Waals surface area contributed by atoms with Gasteiger partial charge in [0.25, 0.3) is 0 Å². The van der Waals surface area contributed by atoms with E-state index in [1.807, 2.05) is 18.2 Å². The summed E-state index contributed by atoms with van der Waals surface area (Å²) in [5.41, 5.74) is 6.36. The quantitative estimate of drug-likeness (QED) is 0.731. The van der Waals surface area contributed by atoms with Crippen molar-refractivity contribution in [3.8, 4) is 5.88 Å². The standard InChI is InChI=1S/C20H24N4O2S/c1-24(2)13-6-8-14(9-7-13)26-19-18-17-12(10-16(21)25)4-3-5-15(17)27-20(18)23-11-22-19/h3-5,11,13-14H,6-10H2,1-2H3,(H2,21,25). The van der Waals surface area contributed by atoms with E-state index in [1.165, 1.54) is 0 Å². The molecule has 1 amide bonds. The highest BCUT2D eigenvalue weighted by molar-refractivity contribution is 7.25. The van der Waals surface area contributed by atoms with Crippen molar-refractivity contribution in [2.45, 2.75) is 44.2 Å². The van der Waals surface area contributed by atoms with Crippen molar-refractivity contribution in [2.24, 2.45) is 5.73 Å². The summed E-state index contributed by atoms with van der Waals surface area (Å²) in [5, 5.41) is 1.90. The Bertz CT molecular complexity index is 977. The first kappa shape index (κ1) is 18.1. The molecule has 1 fully saturated rings. The number of nitrogens with two attached hydrogens (primary N) is 1. The number of ether oxygens (including phenoxy) is 1. The number of carbonyl (C=O) groups excluding carboxylic acids is 1. The molecule has 1 aliphatic rings. The molecule has 0 bridgehead atoms. The van der Waals surface area contributed by atoms with Gasteiger partial charge in [0, 0.05) is 16.1 Å². The molecular weight excluding hydrogens is 360 g/mol. The van der Waals surface area contributed by atoms with Crippen molar-refractivity contribution >= 4 is 37.5 Å². The van der Waals surface area contributed by atoms with Crippen molar-refractivity contribution < 1.29 is 9.53 Å². The Morgan fingerprint density at radius 2 is 2.00 bits per heavy atom. The molecule has 1 aromatic carbocycles. The van der Waals surface area contributed by atoms with E-state index in [4.69, 9.17) is 10.5 Å². The van der Waals surface area contributed by atoms with Crippen LogP contribution in [0.3, 0.4) is 0 Å². The van der Waals surface area contributed by atoms with Gasteiger partial charge in [0.05, 0.1) is 11.8 Å². The fraction of sp³-hybridized carbons (Fsp3) is 0.450. The monoisotopic (exact) mass is 384 g/mol. The fourth-order valence-corrected chi connectivity index (χ4v) is 5.04. The van der Waals surface area contributed by atoms with E-state index in [2.05, 4.69) is 29.0 Å². The number of thiophene rings is 1. The number of aromatic nitrogens is 2. The van der Waals surface area contributed by atoms with E-state index >= 15 is 0 Å². The zero-order valence-electron chi connectivity index (χ0n) is 15.6. The van der Waals surface area contributed by atoms with Gasteiger partial charge in [-0.05, 0) is 51.4 Å². The lowest BCUT2D eigenvalue weighted by Crippen LogP contribution is -2.35. The normalized spacial score (nSPS) is 20.4. The lowest BCUT2D eigenvalue weighted by molar-refractivity contribution is -0.117. The Morgan fingerprint density at radius 1 is 1.22 bits per heavy atom. The fourth-order valence-electron chi connectivity index (χ4n) is 3.96. The van der Waals surface area contributed by atoms with E-state index in [1.54, 1.807) is 17.7 Å². The molecule has 4 rings (SSSR count). The van der Waals surface area contributed by atoms with Crippen LogP contribution in [-0.2, 0) is 11.2 Å². The zero-order chi connectivity index (χ0) is 19.0. The molecule has 2 N–H and O–H groups in total. The summed E-state index contributed by atoms with van der Waals surface area (Å²) < 4.78 is 7.42. The molecule has 2 heterocycles. The Morgan fingerprint density at radius 3 is 2.70 bits per heavy atom. The second-order valence-corrected chi connectivity index (χ2v) is 8.44. The SMILES string of the molecule is CN(C)C1CCC(Oc2ncnc3sc4cccc(CC(N)=O)c4c23)CC1. The minimum Gasteiger partial charge on any atom is -0.474 e. The second kappa shape index (κ2) is 7.40. The molecule has 1 aliphatic carbocycles. The molecule has 2 aromatic heterocycles. The number of amides is 1. The van der Waals surface area contributed by atoms with Crippen LogP contribution < -0.4 is 10.5 Å². The average molecular weight is 385 g/mol. The zero-order valence-corrected chi connectivity index (χ0v) is 16.5. The smallest absolute Gasteiger partial charge is 0.226 e. The number of primary amides is 1. The van der Waals surface area contributed by atoms with Crippen LogP contribution in [0.1, 0.15) is 31.2 Å². The molecule has 142 valence electrons. The van der Waals surface area contributed by atoms with Crippen LogP contribution in [0, 0.1) is 0 Å². The highest BCUT2D eigenvalue weighted by atomic mass is 32.1. The molecule has 7 heteroatoms. The lowest BCUT2D eigenvalue weighted by atomic mass is 9.92. The average Bonchev–Trinajstić information content (AvgIpc) is 3.02. The van der Waals surface area contributed by atoms with E-state index in [0.717, 1.165) is 51.5 Å². The highest BCUT2D eigenvalue weighted by Crippen LogP contribution is 2.40. The van der Waals surface area contributed by atoms with Crippen LogP contribution in [0.25, 0.3) is 20.3 Å². The topological polar surface area (TPSA) is 81.3 Å². The predicted molar refractivity (Wildman–Crippen MR) is 108 cm³/mol. The summed E-state index contributed by atoms with van der Waals surface area (Å²) in [7, 11) is 4.27. The van der Waals surface area contributed by atoms with Crippen molar-refractivity contribution in [3.05, 3.63) is 30.1 Å².